The number of ether oxygens (including phenoxy) is 1. The molecule has 2 amide bonds. The lowest BCUT2D eigenvalue weighted by molar-refractivity contribution is -0.119. The van der Waals surface area contributed by atoms with Crippen molar-refractivity contribution in [1.29, 1.82) is 0 Å². The summed E-state index contributed by atoms with van der Waals surface area (Å²) < 4.78 is 5.30. The van der Waals surface area contributed by atoms with E-state index in [1.54, 1.807) is 18.2 Å². The van der Waals surface area contributed by atoms with Gasteiger partial charge in [0, 0.05) is 5.56 Å². The Morgan fingerprint density at radius 2 is 2.20 bits per heavy atom. The highest BCUT2D eigenvalue weighted by molar-refractivity contribution is 6.09. The molecule has 1 aromatic carbocycles. The Morgan fingerprint density at radius 1 is 1.40 bits per heavy atom. The third kappa shape index (κ3) is 1.83. The summed E-state index contributed by atoms with van der Waals surface area (Å²) in [5.74, 6) is 0.101. The van der Waals surface area contributed by atoms with Crippen LogP contribution < -0.4 is 10.1 Å². The summed E-state index contributed by atoms with van der Waals surface area (Å²) in [5.41, 5.74) is 1.28. The van der Waals surface area contributed by atoms with E-state index in [1.807, 2.05) is 6.92 Å². The number of nitrogens with one attached hydrogen (secondary N) is 1. The van der Waals surface area contributed by atoms with Crippen molar-refractivity contribution in [3.05, 3.63) is 29.3 Å². The normalized spacial score (nSPS) is 14.5. The molecule has 4 heteroatoms. The van der Waals surface area contributed by atoms with E-state index < -0.39 is 0 Å². The number of benzene rings is 1. The summed E-state index contributed by atoms with van der Waals surface area (Å²) in [4.78, 5) is 22.5. The molecule has 0 atom stereocenters. The smallest absolute Gasteiger partial charge is 0.258 e. The van der Waals surface area contributed by atoms with Crippen LogP contribution in [0.1, 0.15) is 22.8 Å². The Bertz CT molecular complexity index is 426. The van der Waals surface area contributed by atoms with Crippen molar-refractivity contribution in [2.75, 3.05) is 6.61 Å². The molecule has 0 saturated carbocycles. The van der Waals surface area contributed by atoms with Gasteiger partial charge in [-0.05, 0) is 30.7 Å². The van der Waals surface area contributed by atoms with Crippen LogP contribution in [0.4, 0.5) is 0 Å². The maximum Gasteiger partial charge on any atom is 0.258 e. The highest BCUT2D eigenvalue weighted by Crippen LogP contribution is 2.20. The van der Waals surface area contributed by atoms with Crippen molar-refractivity contribution in [2.45, 2.75) is 13.3 Å². The first-order chi connectivity index (χ1) is 7.20. The minimum atomic E-state index is -0.329. The minimum Gasteiger partial charge on any atom is -0.494 e. The van der Waals surface area contributed by atoms with Gasteiger partial charge in [-0.3, -0.25) is 14.9 Å². The molecule has 0 aliphatic carbocycles. The van der Waals surface area contributed by atoms with Crippen LogP contribution in [0.5, 0.6) is 5.75 Å². The Balaban J connectivity index is 2.38. The lowest BCUT2D eigenvalue weighted by atomic mass is 10.00. The quantitative estimate of drug-likeness (QED) is 0.730. The lowest BCUT2D eigenvalue weighted by Gasteiger charge is -2.15. The van der Waals surface area contributed by atoms with Crippen LogP contribution in [0.2, 0.25) is 0 Å². The Morgan fingerprint density at radius 3 is 2.93 bits per heavy atom. The Hall–Kier alpha value is -1.84. The van der Waals surface area contributed by atoms with Gasteiger partial charge in [-0.2, -0.15) is 0 Å². The van der Waals surface area contributed by atoms with Crippen LogP contribution in [0.15, 0.2) is 18.2 Å². The highest BCUT2D eigenvalue weighted by atomic mass is 16.5. The van der Waals surface area contributed by atoms with E-state index in [1.165, 1.54) is 0 Å². The predicted octanol–water partition coefficient (Wildman–Crippen LogP) is 0.898. The van der Waals surface area contributed by atoms with Crippen molar-refractivity contribution >= 4 is 11.8 Å². The van der Waals surface area contributed by atoms with E-state index in [2.05, 4.69) is 5.32 Å². The second-order valence-electron chi connectivity index (χ2n) is 3.31. The molecular weight excluding hydrogens is 194 g/mol. The highest BCUT2D eigenvalue weighted by Gasteiger charge is 2.22. The third-order valence-electron chi connectivity index (χ3n) is 2.24. The van der Waals surface area contributed by atoms with Gasteiger partial charge in [-0.15, -0.1) is 0 Å². The monoisotopic (exact) mass is 205 g/mol. The van der Waals surface area contributed by atoms with Crippen LogP contribution in [-0.2, 0) is 11.2 Å². The molecule has 0 bridgehead atoms. The minimum absolute atomic E-state index is 0.238. The zero-order valence-electron chi connectivity index (χ0n) is 8.37. The molecule has 1 aliphatic heterocycles. The van der Waals surface area contributed by atoms with E-state index in [4.69, 9.17) is 4.74 Å². The van der Waals surface area contributed by atoms with Gasteiger partial charge in [0.2, 0.25) is 5.91 Å². The molecule has 0 saturated heterocycles. The van der Waals surface area contributed by atoms with Crippen molar-refractivity contribution in [2.24, 2.45) is 0 Å². The first kappa shape index (κ1) is 9.71. The second-order valence-corrected chi connectivity index (χ2v) is 3.31. The molecule has 0 spiro atoms. The topological polar surface area (TPSA) is 55.4 Å². The summed E-state index contributed by atoms with van der Waals surface area (Å²) >= 11 is 0. The second kappa shape index (κ2) is 3.73. The number of hydrogen-bond acceptors (Lipinski definition) is 3. The van der Waals surface area contributed by atoms with Crippen molar-refractivity contribution in [3.63, 3.8) is 0 Å². The van der Waals surface area contributed by atoms with Gasteiger partial charge in [0.25, 0.3) is 5.91 Å². The maximum absolute atomic E-state index is 11.4. The lowest BCUT2D eigenvalue weighted by Crippen LogP contribution is -2.37. The molecule has 15 heavy (non-hydrogen) atoms. The van der Waals surface area contributed by atoms with Gasteiger partial charge >= 0.3 is 0 Å². The molecule has 1 N–H and O–H groups in total. The fourth-order valence-corrected chi connectivity index (χ4v) is 1.61. The number of imide groups is 1. The first-order valence-electron chi connectivity index (χ1n) is 4.80. The van der Waals surface area contributed by atoms with E-state index in [9.17, 15) is 9.59 Å². The molecule has 0 aromatic heterocycles. The van der Waals surface area contributed by atoms with E-state index in [0.717, 1.165) is 5.56 Å². The SMILES string of the molecule is CCOc1ccc2c(c1)CC(=O)NC2=O. The van der Waals surface area contributed by atoms with Crippen molar-refractivity contribution in [1.82, 2.24) is 5.32 Å². The van der Waals surface area contributed by atoms with Crippen molar-refractivity contribution < 1.29 is 14.3 Å². The molecular formula is C11H11NO3. The van der Waals surface area contributed by atoms with Crippen molar-refractivity contribution in [3.8, 4) is 5.75 Å². The number of carbonyl (C=O) groups excluding carboxylic acids is 2. The average Bonchev–Trinajstić information content (AvgIpc) is 2.17. The van der Waals surface area contributed by atoms with Gasteiger partial charge in [-0.25, -0.2) is 0 Å². The van der Waals surface area contributed by atoms with Crippen LogP contribution in [0, 0.1) is 0 Å². The van der Waals surface area contributed by atoms with Gasteiger partial charge < -0.3 is 4.74 Å². The standard InChI is InChI=1S/C11H11NO3/c1-2-15-8-3-4-9-7(5-8)6-10(13)12-11(9)14/h3-5H,2,6H2,1H3,(H,12,13,14). The maximum atomic E-state index is 11.4. The molecule has 2 rings (SSSR count). The molecule has 1 heterocycles. The number of hydrogen-bond donors (Lipinski definition) is 1. The third-order valence-corrected chi connectivity index (χ3v) is 2.24. The molecule has 1 aromatic rings. The number of carbonyl (C=O) groups is 2. The van der Waals surface area contributed by atoms with Gasteiger partial charge in [-0.1, -0.05) is 0 Å². The zero-order valence-corrected chi connectivity index (χ0v) is 8.37. The Labute approximate surface area is 87.2 Å². The largest absolute Gasteiger partial charge is 0.494 e. The van der Waals surface area contributed by atoms with Gasteiger partial charge in [0.15, 0.2) is 0 Å². The summed E-state index contributed by atoms with van der Waals surface area (Å²) in [7, 11) is 0. The summed E-state index contributed by atoms with van der Waals surface area (Å²) in [5, 5.41) is 2.27. The number of fused-ring (bicyclic) bond motifs is 1. The molecule has 78 valence electrons. The summed E-state index contributed by atoms with van der Waals surface area (Å²) in [6.07, 6.45) is 0.238. The summed E-state index contributed by atoms with van der Waals surface area (Å²) in [6.45, 7) is 2.45. The number of rotatable bonds is 2. The zero-order chi connectivity index (χ0) is 10.8. The van der Waals surface area contributed by atoms with Crippen LogP contribution in [0.3, 0.4) is 0 Å². The van der Waals surface area contributed by atoms with E-state index in [0.29, 0.717) is 17.9 Å². The van der Waals surface area contributed by atoms with Gasteiger partial charge in [0.1, 0.15) is 5.75 Å². The molecule has 0 fully saturated rings. The van der Waals surface area contributed by atoms with Crippen LogP contribution >= 0.6 is 0 Å². The average molecular weight is 205 g/mol. The van der Waals surface area contributed by atoms with Crippen LogP contribution in [0.25, 0.3) is 0 Å². The molecule has 1 aliphatic rings. The molecule has 0 radical (unpaired) electrons. The Kier molecular flexibility index (Phi) is 2.41. The van der Waals surface area contributed by atoms with E-state index in [-0.39, 0.29) is 18.2 Å². The van der Waals surface area contributed by atoms with E-state index >= 15 is 0 Å². The fourth-order valence-electron chi connectivity index (χ4n) is 1.61. The van der Waals surface area contributed by atoms with Gasteiger partial charge in [0.05, 0.1) is 13.0 Å². The first-order valence-corrected chi connectivity index (χ1v) is 4.80. The van der Waals surface area contributed by atoms with Crippen LogP contribution in [-0.4, -0.2) is 18.4 Å². The summed E-state index contributed by atoms with van der Waals surface area (Å²) in [6, 6.07) is 5.16. The number of amides is 2. The predicted molar refractivity (Wildman–Crippen MR) is 53.8 cm³/mol. The molecule has 4 nitrogen and oxygen atoms in total. The fraction of sp³-hybridized carbons (Fsp3) is 0.273. The molecule has 0 unspecified atom stereocenters.